The highest BCUT2D eigenvalue weighted by Gasteiger charge is 2.23. The molecule has 6 N–H and O–H groups in total. The molecule has 140 valence electrons. The molecule has 1 fully saturated rings. The van der Waals surface area contributed by atoms with Crippen molar-refractivity contribution in [1.29, 1.82) is 0 Å². The Bertz CT molecular complexity index is 977. The van der Waals surface area contributed by atoms with Crippen molar-refractivity contribution in [2.45, 2.75) is 18.5 Å². The number of hydrogen-bond donors (Lipinski definition) is 4. The van der Waals surface area contributed by atoms with Gasteiger partial charge in [-0.2, -0.15) is 4.98 Å². The first kappa shape index (κ1) is 17.6. The second kappa shape index (κ2) is 7.43. The average molecular weight is 385 g/mol. The molecule has 0 saturated carbocycles. The standard InChI is InChI=1S/C17H19N7O2S/c18-11-7-26-4-3-12(11)23-17-20-6-10(15(19)25)16(24-17)22-9-1-2-13-14(5-9)27-8-21-13/h1-2,5-6,8,11-12H,3-4,7,18H2,(H2,19,25)(H2,20,22,23,24). The Morgan fingerprint density at radius 3 is 3.04 bits per heavy atom. The van der Waals surface area contributed by atoms with E-state index in [1.165, 1.54) is 17.5 Å². The molecule has 2 atom stereocenters. The summed E-state index contributed by atoms with van der Waals surface area (Å²) in [5.74, 6) is 0.110. The number of nitrogens with two attached hydrogens (primary N) is 2. The van der Waals surface area contributed by atoms with Crippen molar-refractivity contribution in [3.8, 4) is 0 Å². The van der Waals surface area contributed by atoms with Crippen molar-refractivity contribution < 1.29 is 9.53 Å². The topological polar surface area (TPSA) is 141 Å². The van der Waals surface area contributed by atoms with Crippen LogP contribution in [0, 0.1) is 0 Å². The molecule has 0 aliphatic carbocycles. The van der Waals surface area contributed by atoms with E-state index in [1.54, 1.807) is 5.51 Å². The number of hydrogen-bond acceptors (Lipinski definition) is 9. The van der Waals surface area contributed by atoms with E-state index in [9.17, 15) is 4.79 Å². The molecule has 2 unspecified atom stereocenters. The number of ether oxygens (including phenoxy) is 1. The van der Waals surface area contributed by atoms with Gasteiger partial charge in [0, 0.05) is 30.6 Å². The quantitative estimate of drug-likeness (QED) is 0.517. The summed E-state index contributed by atoms with van der Waals surface area (Å²) in [7, 11) is 0. The zero-order valence-electron chi connectivity index (χ0n) is 14.4. The summed E-state index contributed by atoms with van der Waals surface area (Å²) < 4.78 is 6.38. The Morgan fingerprint density at radius 1 is 1.33 bits per heavy atom. The maximum absolute atomic E-state index is 11.8. The largest absolute Gasteiger partial charge is 0.380 e. The van der Waals surface area contributed by atoms with Crippen molar-refractivity contribution >= 4 is 44.9 Å². The number of thiazole rings is 1. The smallest absolute Gasteiger partial charge is 0.254 e. The van der Waals surface area contributed by atoms with E-state index >= 15 is 0 Å². The van der Waals surface area contributed by atoms with Crippen molar-refractivity contribution in [1.82, 2.24) is 15.0 Å². The molecule has 1 saturated heterocycles. The predicted octanol–water partition coefficient (Wildman–Crippen LogP) is 1.46. The van der Waals surface area contributed by atoms with Gasteiger partial charge < -0.3 is 26.8 Å². The fraction of sp³-hybridized carbons (Fsp3) is 0.294. The molecule has 0 radical (unpaired) electrons. The minimum atomic E-state index is -0.606. The van der Waals surface area contributed by atoms with E-state index in [-0.39, 0.29) is 17.6 Å². The normalized spacial score (nSPS) is 19.7. The third kappa shape index (κ3) is 3.82. The molecule has 1 aliphatic heterocycles. The lowest BCUT2D eigenvalue weighted by Gasteiger charge is -2.29. The van der Waals surface area contributed by atoms with E-state index in [0.29, 0.717) is 25.0 Å². The summed E-state index contributed by atoms with van der Waals surface area (Å²) in [5.41, 5.74) is 15.2. The van der Waals surface area contributed by atoms with Crippen LogP contribution in [-0.2, 0) is 4.74 Å². The molecule has 3 aromatic rings. The van der Waals surface area contributed by atoms with Gasteiger partial charge in [-0.1, -0.05) is 0 Å². The van der Waals surface area contributed by atoms with Crippen LogP contribution in [0.2, 0.25) is 0 Å². The van der Waals surface area contributed by atoms with E-state index in [4.69, 9.17) is 16.2 Å². The number of benzene rings is 1. The lowest BCUT2D eigenvalue weighted by molar-refractivity contribution is 0.0751. The number of primary amides is 1. The minimum absolute atomic E-state index is 0.000397. The average Bonchev–Trinajstić information content (AvgIpc) is 3.11. The third-order valence-corrected chi connectivity index (χ3v) is 5.15. The maximum Gasteiger partial charge on any atom is 0.254 e. The number of carbonyl (C=O) groups excluding carboxylic acids is 1. The molecule has 4 rings (SSSR count). The highest BCUT2D eigenvalue weighted by molar-refractivity contribution is 7.16. The molecule has 1 aliphatic rings. The van der Waals surface area contributed by atoms with Gasteiger partial charge in [0.1, 0.15) is 11.4 Å². The van der Waals surface area contributed by atoms with Gasteiger partial charge in [-0.25, -0.2) is 9.97 Å². The monoisotopic (exact) mass is 385 g/mol. The van der Waals surface area contributed by atoms with Gasteiger partial charge in [0.25, 0.3) is 5.91 Å². The number of carbonyl (C=O) groups is 1. The van der Waals surface area contributed by atoms with Crippen LogP contribution >= 0.6 is 11.3 Å². The Balaban J connectivity index is 1.61. The van der Waals surface area contributed by atoms with Crippen LogP contribution in [0.15, 0.2) is 29.9 Å². The highest BCUT2D eigenvalue weighted by atomic mass is 32.1. The van der Waals surface area contributed by atoms with E-state index in [2.05, 4.69) is 25.6 Å². The van der Waals surface area contributed by atoms with Crippen LogP contribution in [0.5, 0.6) is 0 Å². The first-order valence-corrected chi connectivity index (χ1v) is 9.35. The number of fused-ring (bicyclic) bond motifs is 1. The Hall–Kier alpha value is -2.82. The predicted molar refractivity (Wildman–Crippen MR) is 104 cm³/mol. The van der Waals surface area contributed by atoms with Crippen molar-refractivity contribution in [2.24, 2.45) is 11.5 Å². The molecule has 1 amide bonds. The van der Waals surface area contributed by atoms with Crippen molar-refractivity contribution in [3.63, 3.8) is 0 Å². The van der Waals surface area contributed by atoms with Crippen LogP contribution in [-0.4, -0.2) is 46.2 Å². The second-order valence-electron chi connectivity index (χ2n) is 6.26. The summed E-state index contributed by atoms with van der Waals surface area (Å²) in [5, 5.41) is 6.38. The van der Waals surface area contributed by atoms with Gasteiger partial charge in [0.2, 0.25) is 5.95 Å². The maximum atomic E-state index is 11.8. The third-order valence-electron chi connectivity index (χ3n) is 4.36. The fourth-order valence-electron chi connectivity index (χ4n) is 2.90. The molecule has 2 aromatic heterocycles. The zero-order valence-corrected chi connectivity index (χ0v) is 15.2. The van der Waals surface area contributed by atoms with E-state index in [0.717, 1.165) is 22.3 Å². The Kier molecular flexibility index (Phi) is 4.84. The summed E-state index contributed by atoms with van der Waals surface area (Å²) in [4.78, 5) is 24.7. The van der Waals surface area contributed by atoms with Crippen LogP contribution in [0.25, 0.3) is 10.2 Å². The van der Waals surface area contributed by atoms with Crippen LogP contribution in [0.1, 0.15) is 16.8 Å². The number of aromatic nitrogens is 3. The fourth-order valence-corrected chi connectivity index (χ4v) is 3.62. The van der Waals surface area contributed by atoms with Gasteiger partial charge in [-0.05, 0) is 24.6 Å². The highest BCUT2D eigenvalue weighted by Crippen LogP contribution is 2.25. The van der Waals surface area contributed by atoms with Crippen LogP contribution < -0.4 is 22.1 Å². The van der Waals surface area contributed by atoms with Gasteiger partial charge in [-0.15, -0.1) is 11.3 Å². The SMILES string of the molecule is NC(=O)c1cnc(NC2CCOCC2N)nc1Nc1ccc2ncsc2c1. The summed E-state index contributed by atoms with van der Waals surface area (Å²) in [6, 6.07) is 5.57. The molecular formula is C17H19N7O2S. The molecule has 1 aromatic carbocycles. The summed E-state index contributed by atoms with van der Waals surface area (Å²) in [6.07, 6.45) is 2.17. The molecule has 0 spiro atoms. The first-order chi connectivity index (χ1) is 13.1. The van der Waals surface area contributed by atoms with Crippen molar-refractivity contribution in [2.75, 3.05) is 23.8 Å². The number of nitrogens with zero attached hydrogens (tertiary/aromatic N) is 3. The van der Waals surface area contributed by atoms with Crippen molar-refractivity contribution in [3.05, 3.63) is 35.5 Å². The number of amides is 1. The van der Waals surface area contributed by atoms with E-state index < -0.39 is 5.91 Å². The summed E-state index contributed by atoms with van der Waals surface area (Å²) in [6.45, 7) is 1.11. The lowest BCUT2D eigenvalue weighted by Crippen LogP contribution is -2.47. The van der Waals surface area contributed by atoms with Crippen LogP contribution in [0.4, 0.5) is 17.5 Å². The Morgan fingerprint density at radius 2 is 2.22 bits per heavy atom. The van der Waals surface area contributed by atoms with Gasteiger partial charge in [-0.3, -0.25) is 4.79 Å². The van der Waals surface area contributed by atoms with E-state index in [1.807, 2.05) is 18.2 Å². The number of anilines is 3. The molecular weight excluding hydrogens is 366 g/mol. The number of nitrogens with one attached hydrogen (secondary N) is 2. The van der Waals surface area contributed by atoms with Crippen LogP contribution in [0.3, 0.4) is 0 Å². The molecule has 27 heavy (non-hydrogen) atoms. The first-order valence-electron chi connectivity index (χ1n) is 8.47. The lowest BCUT2D eigenvalue weighted by atomic mass is 10.1. The second-order valence-corrected chi connectivity index (χ2v) is 7.14. The van der Waals surface area contributed by atoms with Gasteiger partial charge in [0.05, 0.1) is 22.3 Å². The number of rotatable bonds is 5. The molecule has 0 bridgehead atoms. The Labute approximate surface area is 159 Å². The molecule has 3 heterocycles. The zero-order chi connectivity index (χ0) is 18.8. The van der Waals surface area contributed by atoms with Gasteiger partial charge in [0.15, 0.2) is 0 Å². The summed E-state index contributed by atoms with van der Waals surface area (Å²) >= 11 is 1.54. The minimum Gasteiger partial charge on any atom is -0.380 e. The molecule has 10 heteroatoms. The van der Waals surface area contributed by atoms with Gasteiger partial charge >= 0.3 is 0 Å². The molecule has 9 nitrogen and oxygen atoms in total.